The lowest BCUT2D eigenvalue weighted by atomic mass is 9.92. The summed E-state index contributed by atoms with van der Waals surface area (Å²) in [6.07, 6.45) is 8.04. The van der Waals surface area contributed by atoms with Gasteiger partial charge in [0.15, 0.2) is 23.0 Å². The van der Waals surface area contributed by atoms with Crippen LogP contribution in [0.15, 0.2) is 36.9 Å². The van der Waals surface area contributed by atoms with Crippen LogP contribution in [-0.2, 0) is 13.3 Å². The van der Waals surface area contributed by atoms with Crippen LogP contribution in [-0.4, -0.2) is 27.0 Å². The molecule has 2 heterocycles. The van der Waals surface area contributed by atoms with Gasteiger partial charge < -0.3 is 8.80 Å². The molecule has 1 fully saturated rings. The van der Waals surface area contributed by atoms with Crippen LogP contribution in [0.5, 0.6) is 0 Å². The maximum atomic E-state index is 12.5. The van der Waals surface area contributed by atoms with E-state index in [0.29, 0.717) is 12.5 Å². The normalized spacial score (nSPS) is 23.7. The molecule has 3 atom stereocenters. The summed E-state index contributed by atoms with van der Waals surface area (Å²) >= 11 is 1.66. The average molecular weight is 440 g/mol. The highest BCUT2D eigenvalue weighted by atomic mass is 127. The van der Waals surface area contributed by atoms with Crippen molar-refractivity contribution in [3.8, 4) is 5.82 Å². The minimum Gasteiger partial charge on any atom is -0.394 e. The zero-order valence-corrected chi connectivity index (χ0v) is 15.7. The number of hydrogen-bond donors (Lipinski definition) is 1. The minimum atomic E-state index is -0.635. The second-order valence-electron chi connectivity index (χ2n) is 6.34. The molecule has 0 bridgehead atoms. The maximum Gasteiger partial charge on any atom is 0.327 e. The first-order valence-corrected chi connectivity index (χ1v) is 9.02. The van der Waals surface area contributed by atoms with Gasteiger partial charge in [-0.3, -0.25) is 9.36 Å². The van der Waals surface area contributed by atoms with E-state index in [1.807, 2.05) is 29.0 Å². The van der Waals surface area contributed by atoms with Crippen LogP contribution >= 0.6 is 23.0 Å². The van der Waals surface area contributed by atoms with Crippen molar-refractivity contribution in [1.82, 2.24) is 14.5 Å². The SMILES string of the molecule is CC[C@@H](CN)C[C@@H]1C[C@@]1(C(=O)OI)c1cn(-c2ccccn2)cn1. The Morgan fingerprint density at radius 2 is 2.38 bits per heavy atom. The fourth-order valence-electron chi connectivity index (χ4n) is 3.37. The molecule has 2 N–H and O–H groups in total. The van der Waals surface area contributed by atoms with E-state index in [1.54, 1.807) is 35.5 Å². The van der Waals surface area contributed by atoms with Gasteiger partial charge in [-0.2, -0.15) is 0 Å². The highest BCUT2D eigenvalue weighted by Crippen LogP contribution is 2.57. The molecule has 0 spiro atoms. The number of imidazole rings is 1. The van der Waals surface area contributed by atoms with E-state index in [1.165, 1.54) is 0 Å². The van der Waals surface area contributed by atoms with Crippen molar-refractivity contribution in [3.63, 3.8) is 0 Å². The molecule has 1 aliphatic carbocycles. The molecule has 6 nitrogen and oxygen atoms in total. The zero-order chi connectivity index (χ0) is 17.2. The minimum absolute atomic E-state index is 0.216. The molecule has 2 aromatic heterocycles. The molecule has 0 saturated heterocycles. The van der Waals surface area contributed by atoms with Crippen LogP contribution in [0.4, 0.5) is 0 Å². The van der Waals surface area contributed by atoms with Crippen LogP contribution in [0.3, 0.4) is 0 Å². The van der Waals surface area contributed by atoms with Gasteiger partial charge in [0.1, 0.15) is 17.6 Å². The summed E-state index contributed by atoms with van der Waals surface area (Å²) in [5.41, 5.74) is 5.95. The van der Waals surface area contributed by atoms with Gasteiger partial charge in [-0.05, 0) is 43.4 Å². The number of nitrogens with two attached hydrogens (primary N) is 1. The topological polar surface area (TPSA) is 83.0 Å². The molecule has 0 radical (unpaired) electrons. The Bertz CT molecular complexity index is 702. The third kappa shape index (κ3) is 3.06. The Labute approximate surface area is 155 Å². The Hall–Kier alpha value is -1.48. The van der Waals surface area contributed by atoms with Gasteiger partial charge in [-0.15, -0.1) is 0 Å². The summed E-state index contributed by atoms with van der Waals surface area (Å²) in [5, 5.41) is 0. The maximum absolute atomic E-state index is 12.5. The standard InChI is InChI=1S/C17H21IN4O2/c1-2-12(9-19)7-13-8-17(13,16(23)24-18)14-10-22(11-21-14)15-5-3-4-6-20-15/h3-6,10-13H,2,7-9,19H2,1H3/t12-,13-,17+/m1/s1. The van der Waals surface area contributed by atoms with Gasteiger partial charge >= 0.3 is 5.97 Å². The average Bonchev–Trinajstić information content (AvgIpc) is 3.13. The Morgan fingerprint density at radius 1 is 1.54 bits per heavy atom. The summed E-state index contributed by atoms with van der Waals surface area (Å²) < 4.78 is 6.90. The van der Waals surface area contributed by atoms with Gasteiger partial charge in [-0.25, -0.2) is 9.97 Å². The summed E-state index contributed by atoms with van der Waals surface area (Å²) in [7, 11) is 0. The quantitative estimate of drug-likeness (QED) is 0.670. The van der Waals surface area contributed by atoms with Crippen molar-refractivity contribution in [2.45, 2.75) is 31.6 Å². The second kappa shape index (κ2) is 7.18. The van der Waals surface area contributed by atoms with Crippen LogP contribution in [0.1, 0.15) is 31.9 Å². The fraction of sp³-hybridized carbons (Fsp3) is 0.471. The lowest BCUT2D eigenvalue weighted by molar-refractivity contribution is -0.134. The van der Waals surface area contributed by atoms with Crippen LogP contribution in [0.2, 0.25) is 0 Å². The summed E-state index contributed by atoms with van der Waals surface area (Å²) in [4.78, 5) is 21.3. The zero-order valence-electron chi connectivity index (χ0n) is 13.6. The fourth-order valence-corrected chi connectivity index (χ4v) is 3.76. The Morgan fingerprint density at radius 3 is 3.00 bits per heavy atom. The lowest BCUT2D eigenvalue weighted by Gasteiger charge is -2.15. The predicted molar refractivity (Wildman–Crippen MR) is 98.7 cm³/mol. The molecule has 1 aliphatic rings. The van der Waals surface area contributed by atoms with E-state index in [-0.39, 0.29) is 11.9 Å². The van der Waals surface area contributed by atoms with Crippen molar-refractivity contribution in [3.05, 3.63) is 42.6 Å². The first-order chi connectivity index (χ1) is 11.7. The number of rotatable bonds is 7. The Balaban J connectivity index is 1.87. The second-order valence-corrected chi connectivity index (χ2v) is 6.78. The van der Waals surface area contributed by atoms with E-state index in [2.05, 4.69) is 16.9 Å². The molecular weight excluding hydrogens is 419 g/mol. The largest absolute Gasteiger partial charge is 0.394 e. The van der Waals surface area contributed by atoms with Gasteiger partial charge in [-0.1, -0.05) is 19.4 Å². The molecule has 2 aromatic rings. The van der Waals surface area contributed by atoms with Crippen LogP contribution in [0.25, 0.3) is 5.82 Å². The number of hydrogen-bond acceptors (Lipinski definition) is 5. The van der Waals surface area contributed by atoms with E-state index >= 15 is 0 Å². The lowest BCUT2D eigenvalue weighted by Crippen LogP contribution is -2.25. The van der Waals surface area contributed by atoms with Crippen molar-refractivity contribution in [1.29, 1.82) is 0 Å². The molecule has 0 aromatic carbocycles. The van der Waals surface area contributed by atoms with Gasteiger partial charge in [0.25, 0.3) is 0 Å². The predicted octanol–water partition coefficient (Wildman–Crippen LogP) is 2.79. The monoisotopic (exact) mass is 440 g/mol. The molecule has 7 heteroatoms. The van der Waals surface area contributed by atoms with Gasteiger partial charge in [0.05, 0.1) is 5.69 Å². The summed E-state index contributed by atoms with van der Waals surface area (Å²) in [6.45, 7) is 2.78. The molecule has 24 heavy (non-hydrogen) atoms. The third-order valence-corrected chi connectivity index (χ3v) is 5.42. The van der Waals surface area contributed by atoms with Gasteiger partial charge in [0.2, 0.25) is 0 Å². The summed E-state index contributed by atoms with van der Waals surface area (Å²) in [6, 6.07) is 5.69. The molecule has 3 rings (SSSR count). The smallest absolute Gasteiger partial charge is 0.327 e. The van der Waals surface area contributed by atoms with E-state index in [9.17, 15) is 4.79 Å². The summed E-state index contributed by atoms with van der Waals surface area (Å²) in [5.74, 6) is 1.23. The van der Waals surface area contributed by atoms with E-state index in [4.69, 9.17) is 8.80 Å². The van der Waals surface area contributed by atoms with Crippen molar-refractivity contribution < 1.29 is 7.86 Å². The number of pyridine rings is 1. The molecule has 0 aliphatic heterocycles. The number of aromatic nitrogens is 3. The number of carbonyl (C=O) groups is 1. The number of nitrogens with zero attached hydrogens (tertiary/aromatic N) is 3. The van der Waals surface area contributed by atoms with Crippen molar-refractivity contribution in [2.24, 2.45) is 17.6 Å². The first kappa shape index (κ1) is 17.3. The molecule has 0 amide bonds. The number of halogens is 1. The number of carbonyl (C=O) groups excluding carboxylic acids is 1. The van der Waals surface area contributed by atoms with Crippen LogP contribution in [0, 0.1) is 11.8 Å². The first-order valence-electron chi connectivity index (χ1n) is 8.14. The highest BCUT2D eigenvalue weighted by Gasteiger charge is 2.63. The molecule has 1 saturated carbocycles. The molecule has 0 unspecified atom stereocenters. The third-order valence-electron chi connectivity index (χ3n) is 5.02. The molecule has 128 valence electrons. The molecular formula is C17H21IN4O2. The Kier molecular flexibility index (Phi) is 5.19. The van der Waals surface area contributed by atoms with Gasteiger partial charge in [0, 0.05) is 12.4 Å². The highest BCUT2D eigenvalue weighted by molar-refractivity contribution is 14.1. The van der Waals surface area contributed by atoms with E-state index < -0.39 is 5.41 Å². The van der Waals surface area contributed by atoms with Crippen molar-refractivity contribution in [2.75, 3.05) is 6.54 Å². The van der Waals surface area contributed by atoms with E-state index in [0.717, 1.165) is 30.8 Å². The van der Waals surface area contributed by atoms with Crippen molar-refractivity contribution >= 4 is 29.0 Å². The van der Waals surface area contributed by atoms with Crippen LogP contribution < -0.4 is 5.73 Å².